The Labute approximate surface area is 101 Å². The van der Waals surface area contributed by atoms with Gasteiger partial charge in [-0.15, -0.1) is 0 Å². The standard InChI is InChI=1S/C12H11F4NO/c1-6-2-7(3-9(13)10(6)14)11(18)17-8-4-12(15,16)5-8/h2-3,8H,4-5H2,1H3,(H,17,18). The van der Waals surface area contributed by atoms with E-state index in [4.69, 9.17) is 0 Å². The van der Waals surface area contributed by atoms with E-state index < -0.39 is 42.3 Å². The highest BCUT2D eigenvalue weighted by molar-refractivity contribution is 5.94. The third kappa shape index (κ3) is 2.47. The number of rotatable bonds is 2. The summed E-state index contributed by atoms with van der Waals surface area (Å²) >= 11 is 0. The second-order valence-corrected chi connectivity index (χ2v) is 4.52. The van der Waals surface area contributed by atoms with Crippen LogP contribution in [0.3, 0.4) is 0 Å². The molecule has 6 heteroatoms. The van der Waals surface area contributed by atoms with Gasteiger partial charge in [-0.3, -0.25) is 4.79 Å². The van der Waals surface area contributed by atoms with E-state index in [1.807, 2.05) is 0 Å². The summed E-state index contributed by atoms with van der Waals surface area (Å²) in [6.45, 7) is 1.33. The normalized spacial score (nSPS) is 18.3. The van der Waals surface area contributed by atoms with Crippen LogP contribution in [0.1, 0.15) is 28.8 Å². The molecular weight excluding hydrogens is 250 g/mol. The van der Waals surface area contributed by atoms with Gasteiger partial charge in [0.05, 0.1) is 0 Å². The molecular formula is C12H11F4NO. The molecule has 0 bridgehead atoms. The van der Waals surface area contributed by atoms with Gasteiger partial charge in [0.1, 0.15) is 0 Å². The molecule has 0 spiro atoms. The molecule has 1 aliphatic carbocycles. The average Bonchev–Trinajstić information content (AvgIpc) is 2.22. The predicted octanol–water partition coefficient (Wildman–Crippen LogP) is 2.80. The maximum atomic E-state index is 13.1. The average molecular weight is 261 g/mol. The lowest BCUT2D eigenvalue weighted by molar-refractivity contribution is -0.0901. The van der Waals surface area contributed by atoms with Gasteiger partial charge in [-0.1, -0.05) is 0 Å². The fourth-order valence-electron chi connectivity index (χ4n) is 1.89. The van der Waals surface area contributed by atoms with Crippen LogP contribution in [0.4, 0.5) is 17.6 Å². The minimum Gasteiger partial charge on any atom is -0.349 e. The van der Waals surface area contributed by atoms with Gasteiger partial charge in [0.15, 0.2) is 11.6 Å². The predicted molar refractivity (Wildman–Crippen MR) is 56.5 cm³/mol. The quantitative estimate of drug-likeness (QED) is 0.815. The van der Waals surface area contributed by atoms with Crippen LogP contribution in [0.2, 0.25) is 0 Å². The minimum absolute atomic E-state index is 0.000843. The van der Waals surface area contributed by atoms with Crippen molar-refractivity contribution in [3.05, 3.63) is 34.9 Å². The van der Waals surface area contributed by atoms with Crippen LogP contribution >= 0.6 is 0 Å². The van der Waals surface area contributed by atoms with Gasteiger partial charge in [0.25, 0.3) is 11.8 Å². The summed E-state index contributed by atoms with van der Waals surface area (Å²) < 4.78 is 51.2. The lowest BCUT2D eigenvalue weighted by atomic mass is 9.88. The van der Waals surface area contributed by atoms with Crippen molar-refractivity contribution in [2.75, 3.05) is 0 Å². The molecule has 0 aromatic heterocycles. The lowest BCUT2D eigenvalue weighted by Gasteiger charge is -2.35. The zero-order valence-corrected chi connectivity index (χ0v) is 9.57. The number of hydrogen-bond donors (Lipinski definition) is 1. The third-order valence-corrected chi connectivity index (χ3v) is 2.90. The summed E-state index contributed by atoms with van der Waals surface area (Å²) in [5, 5.41) is 2.35. The van der Waals surface area contributed by atoms with E-state index >= 15 is 0 Å². The molecule has 1 aromatic rings. The topological polar surface area (TPSA) is 29.1 Å². The zero-order valence-electron chi connectivity index (χ0n) is 9.57. The molecule has 98 valence electrons. The van der Waals surface area contributed by atoms with E-state index in [1.165, 1.54) is 13.0 Å². The van der Waals surface area contributed by atoms with Crippen LogP contribution in [0.15, 0.2) is 12.1 Å². The van der Waals surface area contributed by atoms with Crippen molar-refractivity contribution in [3.63, 3.8) is 0 Å². The van der Waals surface area contributed by atoms with Crippen LogP contribution in [0, 0.1) is 18.6 Å². The Hall–Kier alpha value is -1.59. The van der Waals surface area contributed by atoms with Crippen LogP contribution < -0.4 is 5.32 Å². The summed E-state index contributed by atoms with van der Waals surface area (Å²) in [4.78, 5) is 11.6. The molecule has 1 fully saturated rings. The monoisotopic (exact) mass is 261 g/mol. The smallest absolute Gasteiger partial charge is 0.252 e. The van der Waals surface area contributed by atoms with Gasteiger partial charge in [-0.25, -0.2) is 17.6 Å². The van der Waals surface area contributed by atoms with Crippen LogP contribution in [0.25, 0.3) is 0 Å². The summed E-state index contributed by atoms with van der Waals surface area (Å²) in [6, 6.07) is 1.33. The Bertz CT molecular complexity index is 470. The Morgan fingerprint density at radius 2 is 1.94 bits per heavy atom. The molecule has 0 saturated heterocycles. The molecule has 2 nitrogen and oxygen atoms in total. The van der Waals surface area contributed by atoms with E-state index in [2.05, 4.69) is 5.32 Å². The summed E-state index contributed by atoms with van der Waals surface area (Å²) in [5.41, 5.74) is -0.0688. The summed E-state index contributed by atoms with van der Waals surface area (Å²) in [6.07, 6.45) is -0.831. The van der Waals surface area contributed by atoms with Crippen molar-refractivity contribution in [2.24, 2.45) is 0 Å². The first-order valence-corrected chi connectivity index (χ1v) is 5.43. The molecule has 1 amide bonds. The second-order valence-electron chi connectivity index (χ2n) is 4.52. The fourth-order valence-corrected chi connectivity index (χ4v) is 1.89. The van der Waals surface area contributed by atoms with Crippen molar-refractivity contribution in [3.8, 4) is 0 Å². The van der Waals surface area contributed by atoms with E-state index in [-0.39, 0.29) is 11.1 Å². The van der Waals surface area contributed by atoms with Gasteiger partial charge >= 0.3 is 0 Å². The first-order chi connectivity index (χ1) is 8.28. The molecule has 0 aliphatic heterocycles. The number of benzene rings is 1. The number of amides is 1. The minimum atomic E-state index is -2.73. The molecule has 1 N–H and O–H groups in total. The van der Waals surface area contributed by atoms with Crippen LogP contribution in [0.5, 0.6) is 0 Å². The number of alkyl halides is 2. The first-order valence-electron chi connectivity index (χ1n) is 5.43. The number of carbonyl (C=O) groups is 1. The number of carbonyl (C=O) groups excluding carboxylic acids is 1. The largest absolute Gasteiger partial charge is 0.349 e. The Morgan fingerprint density at radius 1 is 1.33 bits per heavy atom. The second kappa shape index (κ2) is 4.26. The van der Waals surface area contributed by atoms with E-state index in [1.54, 1.807) is 0 Å². The molecule has 0 heterocycles. The Kier molecular flexibility index (Phi) is 3.04. The van der Waals surface area contributed by atoms with Gasteiger partial charge in [-0.2, -0.15) is 0 Å². The third-order valence-electron chi connectivity index (χ3n) is 2.90. The van der Waals surface area contributed by atoms with Crippen molar-refractivity contribution in [1.29, 1.82) is 0 Å². The molecule has 18 heavy (non-hydrogen) atoms. The SMILES string of the molecule is Cc1cc(C(=O)NC2CC(F)(F)C2)cc(F)c1F. The van der Waals surface area contributed by atoms with Gasteiger partial charge in [0.2, 0.25) is 0 Å². The van der Waals surface area contributed by atoms with Crippen molar-refractivity contribution in [1.82, 2.24) is 5.32 Å². The Balaban J connectivity index is 2.06. The highest BCUT2D eigenvalue weighted by atomic mass is 19.3. The first kappa shape index (κ1) is 12.9. The number of hydrogen-bond acceptors (Lipinski definition) is 1. The molecule has 0 unspecified atom stereocenters. The van der Waals surface area contributed by atoms with E-state index in [0.717, 1.165) is 6.07 Å². The van der Waals surface area contributed by atoms with Gasteiger partial charge in [0, 0.05) is 24.4 Å². The highest BCUT2D eigenvalue weighted by Gasteiger charge is 2.45. The van der Waals surface area contributed by atoms with Crippen molar-refractivity contribution >= 4 is 5.91 Å². The fraction of sp³-hybridized carbons (Fsp3) is 0.417. The maximum Gasteiger partial charge on any atom is 0.252 e. The maximum absolute atomic E-state index is 13.1. The summed E-state index contributed by atoms with van der Waals surface area (Å²) in [5.74, 6) is -5.54. The number of nitrogens with one attached hydrogen (secondary N) is 1. The van der Waals surface area contributed by atoms with E-state index in [0.29, 0.717) is 0 Å². The molecule has 1 saturated carbocycles. The molecule has 0 atom stereocenters. The highest BCUT2D eigenvalue weighted by Crippen LogP contribution is 2.37. The number of halogens is 4. The molecule has 1 aliphatic rings. The van der Waals surface area contributed by atoms with Gasteiger partial charge < -0.3 is 5.32 Å². The van der Waals surface area contributed by atoms with Crippen LogP contribution in [-0.2, 0) is 0 Å². The molecule has 0 radical (unpaired) electrons. The van der Waals surface area contributed by atoms with Crippen molar-refractivity contribution in [2.45, 2.75) is 31.7 Å². The Morgan fingerprint density at radius 3 is 2.44 bits per heavy atom. The summed E-state index contributed by atoms with van der Waals surface area (Å²) in [7, 11) is 0. The molecule has 1 aromatic carbocycles. The van der Waals surface area contributed by atoms with Crippen LogP contribution in [-0.4, -0.2) is 17.9 Å². The zero-order chi connectivity index (χ0) is 13.5. The van der Waals surface area contributed by atoms with Crippen molar-refractivity contribution < 1.29 is 22.4 Å². The lowest BCUT2D eigenvalue weighted by Crippen LogP contribution is -2.50. The van der Waals surface area contributed by atoms with Gasteiger partial charge in [-0.05, 0) is 24.6 Å². The number of aryl methyl sites for hydroxylation is 1. The van der Waals surface area contributed by atoms with E-state index in [9.17, 15) is 22.4 Å². The molecule has 2 rings (SSSR count).